The van der Waals surface area contributed by atoms with E-state index in [1.807, 2.05) is 25.4 Å². The molecule has 1 aromatic carbocycles. The van der Waals surface area contributed by atoms with Gasteiger partial charge in [-0.05, 0) is 38.2 Å². The zero-order valence-electron chi connectivity index (χ0n) is 12.9. The number of benzene rings is 1. The maximum absolute atomic E-state index is 6.07. The second-order valence-corrected chi connectivity index (χ2v) is 5.88. The zero-order chi connectivity index (χ0) is 15.3. The maximum Gasteiger partial charge on any atom is 0.227 e. The van der Waals surface area contributed by atoms with Gasteiger partial charge in [0.2, 0.25) is 5.88 Å². The molecule has 3 heterocycles. The Morgan fingerprint density at radius 2 is 2.05 bits per heavy atom. The monoisotopic (exact) mass is 294 g/mol. The van der Waals surface area contributed by atoms with Gasteiger partial charge >= 0.3 is 0 Å². The van der Waals surface area contributed by atoms with Gasteiger partial charge in [-0.3, -0.25) is 4.90 Å². The standard InChI is InChI=1S/C17H18N4O/c1-11-16-14(9-21(11)3)18-10-19-17(16)22-13-4-5-15-12(8-13)6-7-20(15)2/h4-8,10-11H,9H2,1-3H3. The maximum atomic E-state index is 6.07. The molecule has 0 saturated carbocycles. The summed E-state index contributed by atoms with van der Waals surface area (Å²) in [6.07, 6.45) is 3.63. The lowest BCUT2D eigenvalue weighted by Gasteiger charge is -2.16. The minimum Gasteiger partial charge on any atom is -0.439 e. The van der Waals surface area contributed by atoms with E-state index >= 15 is 0 Å². The number of hydrogen-bond donors (Lipinski definition) is 0. The summed E-state index contributed by atoms with van der Waals surface area (Å²) in [6.45, 7) is 3.00. The van der Waals surface area contributed by atoms with Gasteiger partial charge < -0.3 is 9.30 Å². The third-order valence-electron chi connectivity index (χ3n) is 4.48. The Bertz CT molecular complexity index is 855. The molecule has 2 aromatic heterocycles. The molecule has 5 heteroatoms. The lowest BCUT2D eigenvalue weighted by Crippen LogP contribution is -2.13. The van der Waals surface area contributed by atoms with Crippen molar-refractivity contribution in [1.29, 1.82) is 0 Å². The van der Waals surface area contributed by atoms with E-state index < -0.39 is 0 Å². The Hall–Kier alpha value is -2.40. The first-order chi connectivity index (χ1) is 10.6. The molecule has 0 fully saturated rings. The van der Waals surface area contributed by atoms with Gasteiger partial charge in [0.15, 0.2) is 0 Å². The van der Waals surface area contributed by atoms with Gasteiger partial charge in [-0.25, -0.2) is 9.97 Å². The molecule has 1 aliphatic rings. The normalized spacial score (nSPS) is 17.9. The van der Waals surface area contributed by atoms with E-state index in [1.165, 1.54) is 5.52 Å². The fourth-order valence-electron chi connectivity index (χ4n) is 3.07. The predicted octanol–water partition coefficient (Wildman–Crippen LogP) is 3.27. The van der Waals surface area contributed by atoms with Gasteiger partial charge in [0.25, 0.3) is 0 Å². The number of nitrogens with zero attached hydrogens (tertiary/aromatic N) is 4. The molecule has 0 spiro atoms. The first-order valence-electron chi connectivity index (χ1n) is 7.40. The van der Waals surface area contributed by atoms with Crippen molar-refractivity contribution in [3.05, 3.63) is 48.0 Å². The van der Waals surface area contributed by atoms with Crippen molar-refractivity contribution in [3.8, 4) is 11.6 Å². The molecule has 0 radical (unpaired) electrons. The van der Waals surface area contributed by atoms with Crippen LogP contribution in [0.5, 0.6) is 11.6 Å². The summed E-state index contributed by atoms with van der Waals surface area (Å²) in [5, 5.41) is 1.16. The van der Waals surface area contributed by atoms with E-state index in [2.05, 4.69) is 45.5 Å². The summed E-state index contributed by atoms with van der Waals surface area (Å²) in [6, 6.07) is 8.46. The minimum atomic E-state index is 0.270. The number of fused-ring (bicyclic) bond motifs is 2. The zero-order valence-corrected chi connectivity index (χ0v) is 12.9. The second kappa shape index (κ2) is 4.81. The lowest BCUT2D eigenvalue weighted by atomic mass is 10.1. The Morgan fingerprint density at radius 1 is 1.18 bits per heavy atom. The lowest BCUT2D eigenvalue weighted by molar-refractivity contribution is 0.281. The fourth-order valence-corrected chi connectivity index (χ4v) is 3.07. The minimum absolute atomic E-state index is 0.270. The summed E-state index contributed by atoms with van der Waals surface area (Å²) in [4.78, 5) is 11.0. The number of ether oxygens (including phenoxy) is 1. The topological polar surface area (TPSA) is 43.2 Å². The molecule has 5 nitrogen and oxygen atoms in total. The van der Waals surface area contributed by atoms with Crippen LogP contribution in [0.1, 0.15) is 24.2 Å². The van der Waals surface area contributed by atoms with E-state index in [0.29, 0.717) is 5.88 Å². The number of aromatic nitrogens is 3. The van der Waals surface area contributed by atoms with Crippen molar-refractivity contribution in [1.82, 2.24) is 19.4 Å². The van der Waals surface area contributed by atoms with Crippen LogP contribution in [0.25, 0.3) is 10.9 Å². The van der Waals surface area contributed by atoms with Crippen LogP contribution < -0.4 is 4.74 Å². The van der Waals surface area contributed by atoms with Gasteiger partial charge in [0, 0.05) is 36.7 Å². The predicted molar refractivity (Wildman–Crippen MR) is 84.9 cm³/mol. The highest BCUT2D eigenvalue weighted by Crippen LogP contribution is 2.37. The molecule has 0 N–H and O–H groups in total. The quantitative estimate of drug-likeness (QED) is 0.727. The third-order valence-corrected chi connectivity index (χ3v) is 4.48. The molecule has 1 aliphatic heterocycles. The molecule has 22 heavy (non-hydrogen) atoms. The van der Waals surface area contributed by atoms with Crippen LogP contribution in [-0.4, -0.2) is 26.5 Å². The van der Waals surface area contributed by atoms with Crippen molar-refractivity contribution in [3.63, 3.8) is 0 Å². The molecule has 1 atom stereocenters. The largest absolute Gasteiger partial charge is 0.439 e. The van der Waals surface area contributed by atoms with E-state index in [-0.39, 0.29) is 6.04 Å². The molecular weight excluding hydrogens is 276 g/mol. The van der Waals surface area contributed by atoms with Crippen LogP contribution in [0.15, 0.2) is 36.8 Å². The Kier molecular flexibility index (Phi) is 2.90. The van der Waals surface area contributed by atoms with Crippen molar-refractivity contribution in [2.45, 2.75) is 19.5 Å². The Labute approximate surface area is 129 Å². The van der Waals surface area contributed by atoms with Crippen molar-refractivity contribution in [2.75, 3.05) is 7.05 Å². The first-order valence-corrected chi connectivity index (χ1v) is 7.40. The molecule has 4 rings (SSSR count). The first kappa shape index (κ1) is 13.3. The molecule has 0 aliphatic carbocycles. The molecular formula is C17H18N4O. The van der Waals surface area contributed by atoms with Gasteiger partial charge in [-0.2, -0.15) is 0 Å². The molecule has 0 bridgehead atoms. The molecule has 112 valence electrons. The van der Waals surface area contributed by atoms with E-state index in [9.17, 15) is 0 Å². The number of hydrogen-bond acceptors (Lipinski definition) is 4. The molecule has 0 amide bonds. The van der Waals surface area contributed by atoms with Crippen LogP contribution in [0.3, 0.4) is 0 Å². The van der Waals surface area contributed by atoms with Crippen molar-refractivity contribution < 1.29 is 4.74 Å². The summed E-state index contributed by atoms with van der Waals surface area (Å²) in [5.74, 6) is 1.47. The van der Waals surface area contributed by atoms with Crippen LogP contribution in [0.2, 0.25) is 0 Å². The molecule has 3 aromatic rings. The highest BCUT2D eigenvalue weighted by molar-refractivity contribution is 5.81. The summed E-state index contributed by atoms with van der Waals surface area (Å²) in [7, 11) is 4.13. The van der Waals surface area contributed by atoms with E-state index in [0.717, 1.165) is 28.9 Å². The number of rotatable bonds is 2. The Morgan fingerprint density at radius 3 is 2.91 bits per heavy atom. The van der Waals surface area contributed by atoms with Gasteiger partial charge in [-0.15, -0.1) is 0 Å². The average Bonchev–Trinajstić information content (AvgIpc) is 3.01. The van der Waals surface area contributed by atoms with Gasteiger partial charge in [-0.1, -0.05) is 0 Å². The van der Waals surface area contributed by atoms with Crippen LogP contribution >= 0.6 is 0 Å². The van der Waals surface area contributed by atoms with Gasteiger partial charge in [0.05, 0.1) is 11.3 Å². The van der Waals surface area contributed by atoms with Crippen LogP contribution in [0, 0.1) is 0 Å². The molecule has 0 saturated heterocycles. The van der Waals surface area contributed by atoms with Crippen molar-refractivity contribution in [2.24, 2.45) is 7.05 Å². The van der Waals surface area contributed by atoms with E-state index in [1.54, 1.807) is 6.33 Å². The SMILES string of the molecule is CC1c2c(ncnc2Oc2ccc3c(ccn3C)c2)CN1C. The van der Waals surface area contributed by atoms with Crippen LogP contribution in [-0.2, 0) is 13.6 Å². The highest BCUT2D eigenvalue weighted by Gasteiger charge is 2.29. The van der Waals surface area contributed by atoms with Crippen molar-refractivity contribution >= 4 is 10.9 Å². The fraction of sp³-hybridized carbons (Fsp3) is 0.294. The summed E-state index contributed by atoms with van der Waals surface area (Å²) in [5.41, 5.74) is 3.34. The van der Waals surface area contributed by atoms with E-state index in [4.69, 9.17) is 4.74 Å². The smallest absolute Gasteiger partial charge is 0.227 e. The Balaban J connectivity index is 1.73. The number of aryl methyl sites for hydroxylation is 1. The third kappa shape index (κ3) is 1.97. The summed E-state index contributed by atoms with van der Waals surface area (Å²) < 4.78 is 8.17. The molecule has 1 unspecified atom stereocenters. The summed E-state index contributed by atoms with van der Waals surface area (Å²) >= 11 is 0. The van der Waals surface area contributed by atoms with Crippen LogP contribution in [0.4, 0.5) is 0 Å². The van der Waals surface area contributed by atoms with Gasteiger partial charge in [0.1, 0.15) is 12.1 Å². The highest BCUT2D eigenvalue weighted by atomic mass is 16.5. The second-order valence-electron chi connectivity index (χ2n) is 5.88. The average molecular weight is 294 g/mol.